The number of hydrogen-bond donors (Lipinski definition) is 2. The summed E-state index contributed by atoms with van der Waals surface area (Å²) in [6.07, 6.45) is -12.2. The number of rotatable bonds is 5. The number of sulfone groups is 1. The first kappa shape index (κ1) is 31.7. The molecule has 2 aromatic carbocycles. The number of amides is 1. The molecule has 1 amide bonds. The van der Waals surface area contributed by atoms with Crippen LogP contribution in [0.1, 0.15) is 62.1 Å². The first-order valence-corrected chi connectivity index (χ1v) is 15.2. The summed E-state index contributed by atoms with van der Waals surface area (Å²) in [5, 5.41) is 12.9. The third-order valence-electron chi connectivity index (χ3n) is 9.29. The Morgan fingerprint density at radius 1 is 0.953 bits per heavy atom. The number of nitrogens with one attached hydrogen (secondary N) is 1. The second-order valence-electron chi connectivity index (χ2n) is 12.1. The molecule has 0 aromatic heterocycles. The quantitative estimate of drug-likeness (QED) is 0.303. The number of alkyl halides is 7. The molecule has 0 radical (unpaired) electrons. The SMILES string of the molecule is CC1(O)CC(C(=O)N[C@@H]2CC[C@@]3(S(=O)(=O)c4ccc(F)cc4)c4ccc(C(F)(C(F)(F)F)C(F)(F)F)cc4CCC[C@@H]23)C1. The molecule has 0 spiro atoms. The average molecular weight is 640 g/mol. The molecule has 5 nitrogen and oxygen atoms in total. The minimum absolute atomic E-state index is 0.0712. The van der Waals surface area contributed by atoms with E-state index in [9.17, 15) is 49.1 Å². The van der Waals surface area contributed by atoms with Crippen molar-refractivity contribution in [2.45, 2.75) is 91.2 Å². The molecule has 5 rings (SSSR count). The van der Waals surface area contributed by atoms with Crippen molar-refractivity contribution in [2.75, 3.05) is 0 Å². The summed E-state index contributed by atoms with van der Waals surface area (Å²) in [6.45, 7) is 1.58. The van der Waals surface area contributed by atoms with Crippen LogP contribution in [0.15, 0.2) is 47.4 Å². The smallest absolute Gasteiger partial charge is 0.390 e. The third kappa shape index (κ3) is 4.92. The van der Waals surface area contributed by atoms with Gasteiger partial charge in [0.05, 0.1) is 10.5 Å². The zero-order valence-electron chi connectivity index (χ0n) is 22.8. The van der Waals surface area contributed by atoms with E-state index in [1.54, 1.807) is 6.92 Å². The molecule has 14 heteroatoms. The molecule has 2 saturated carbocycles. The Hall–Kier alpha value is -2.74. The van der Waals surface area contributed by atoms with Gasteiger partial charge in [-0.2, -0.15) is 26.3 Å². The molecule has 2 aromatic rings. The van der Waals surface area contributed by atoms with E-state index in [0.29, 0.717) is 12.1 Å². The van der Waals surface area contributed by atoms with Gasteiger partial charge in [-0.1, -0.05) is 18.2 Å². The largest absolute Gasteiger partial charge is 0.435 e. The van der Waals surface area contributed by atoms with E-state index in [1.165, 1.54) is 0 Å². The lowest BCUT2D eigenvalue weighted by molar-refractivity contribution is -0.348. The highest BCUT2D eigenvalue weighted by Gasteiger charge is 2.73. The molecule has 2 fully saturated rings. The highest BCUT2D eigenvalue weighted by Crippen LogP contribution is 2.58. The Labute approximate surface area is 242 Å². The van der Waals surface area contributed by atoms with Gasteiger partial charge in [-0.05, 0) is 87.3 Å². The van der Waals surface area contributed by atoms with Crippen molar-refractivity contribution >= 4 is 15.7 Å². The topological polar surface area (TPSA) is 83.5 Å². The zero-order chi connectivity index (χ0) is 31.8. The normalized spacial score (nSPS) is 29.7. The minimum atomic E-state index is -6.35. The van der Waals surface area contributed by atoms with Crippen LogP contribution < -0.4 is 5.32 Å². The molecule has 0 aliphatic heterocycles. The number of benzene rings is 2. The monoisotopic (exact) mass is 639 g/mol. The van der Waals surface area contributed by atoms with Gasteiger partial charge >= 0.3 is 18.0 Å². The zero-order valence-corrected chi connectivity index (χ0v) is 23.6. The van der Waals surface area contributed by atoms with E-state index in [0.717, 1.165) is 30.3 Å². The Kier molecular flexibility index (Phi) is 7.47. The highest BCUT2D eigenvalue weighted by atomic mass is 32.2. The summed E-state index contributed by atoms with van der Waals surface area (Å²) in [4.78, 5) is 12.7. The number of halogens is 8. The van der Waals surface area contributed by atoms with Crippen molar-refractivity contribution in [2.24, 2.45) is 11.8 Å². The number of carbonyl (C=O) groups excluding carboxylic acids is 1. The molecule has 3 aliphatic rings. The molecule has 43 heavy (non-hydrogen) atoms. The Morgan fingerprint density at radius 3 is 2.12 bits per heavy atom. The van der Waals surface area contributed by atoms with Gasteiger partial charge < -0.3 is 10.4 Å². The van der Waals surface area contributed by atoms with Crippen molar-refractivity contribution in [1.29, 1.82) is 0 Å². The minimum Gasteiger partial charge on any atom is -0.390 e. The van der Waals surface area contributed by atoms with Crippen LogP contribution >= 0.6 is 0 Å². The Balaban J connectivity index is 1.65. The predicted octanol–water partition coefficient (Wildman–Crippen LogP) is 6.18. The number of aliphatic hydroxyl groups is 1. The molecule has 2 N–H and O–H groups in total. The van der Waals surface area contributed by atoms with Gasteiger partial charge in [0.15, 0.2) is 9.84 Å². The van der Waals surface area contributed by atoms with Crippen LogP contribution in [0.5, 0.6) is 0 Å². The maximum Gasteiger partial charge on any atom is 0.435 e. The van der Waals surface area contributed by atoms with E-state index < -0.39 is 73.4 Å². The van der Waals surface area contributed by atoms with Gasteiger partial charge in [0.25, 0.3) is 0 Å². The number of aryl methyl sites for hydroxylation is 1. The van der Waals surface area contributed by atoms with Crippen molar-refractivity contribution < 1.29 is 53.4 Å². The molecule has 3 atom stereocenters. The standard InChI is InChI=1S/C29H29F8NO4S/c1-25(40)14-17(15-25)24(39)38-23-11-12-26(43(41,42)20-8-6-19(30)7-9-20)21-10-5-18(13-16(21)3-2-4-22(23)26)27(31,28(32,33)34)29(35,36)37/h5-10,13,17,22-23,40H,2-4,11-12,14-15H2,1H3,(H,38,39)/t17?,22-,23+,25?,26+/m0/s1. The van der Waals surface area contributed by atoms with Gasteiger partial charge in [0, 0.05) is 23.4 Å². The maximum absolute atomic E-state index is 15.0. The summed E-state index contributed by atoms with van der Waals surface area (Å²) in [7, 11) is -4.51. The summed E-state index contributed by atoms with van der Waals surface area (Å²) in [5.74, 6) is -2.50. The van der Waals surface area contributed by atoms with E-state index in [-0.39, 0.29) is 61.0 Å². The van der Waals surface area contributed by atoms with Crippen molar-refractivity contribution in [1.82, 2.24) is 5.32 Å². The number of hydrogen-bond acceptors (Lipinski definition) is 4. The predicted molar refractivity (Wildman–Crippen MR) is 138 cm³/mol. The molecular formula is C29H29F8NO4S. The van der Waals surface area contributed by atoms with Gasteiger partial charge in [-0.25, -0.2) is 17.2 Å². The van der Waals surface area contributed by atoms with Crippen LogP contribution in [-0.4, -0.2) is 43.4 Å². The van der Waals surface area contributed by atoms with E-state index >= 15 is 4.39 Å². The Morgan fingerprint density at radius 2 is 1.56 bits per heavy atom. The number of fused-ring (bicyclic) bond motifs is 3. The maximum atomic E-state index is 15.0. The second-order valence-corrected chi connectivity index (χ2v) is 14.3. The lowest BCUT2D eigenvalue weighted by atomic mass is 9.71. The molecule has 0 heterocycles. The summed E-state index contributed by atoms with van der Waals surface area (Å²) in [6, 6.07) is 4.75. The average Bonchev–Trinajstić information content (AvgIpc) is 3.15. The van der Waals surface area contributed by atoms with Crippen molar-refractivity contribution in [3.8, 4) is 0 Å². The lowest BCUT2D eigenvalue weighted by Gasteiger charge is -2.41. The summed E-state index contributed by atoms with van der Waals surface area (Å²) >= 11 is 0. The molecule has 0 unspecified atom stereocenters. The van der Waals surface area contributed by atoms with Crippen LogP contribution in [0.3, 0.4) is 0 Å². The van der Waals surface area contributed by atoms with E-state index in [2.05, 4.69) is 5.32 Å². The first-order chi connectivity index (χ1) is 19.7. The van der Waals surface area contributed by atoms with E-state index in [4.69, 9.17) is 0 Å². The van der Waals surface area contributed by atoms with Crippen LogP contribution in [0, 0.1) is 17.7 Å². The number of carbonyl (C=O) groups is 1. The van der Waals surface area contributed by atoms with Gasteiger partial charge in [0.1, 0.15) is 10.6 Å². The summed E-state index contributed by atoms with van der Waals surface area (Å²) < 4.78 is 137. The fourth-order valence-corrected chi connectivity index (χ4v) is 9.71. The Bertz CT molecular complexity index is 1500. The molecule has 0 saturated heterocycles. The first-order valence-electron chi connectivity index (χ1n) is 13.7. The summed E-state index contributed by atoms with van der Waals surface area (Å²) in [5.41, 5.74) is -8.66. The second kappa shape index (κ2) is 10.1. The molecular weight excluding hydrogens is 610 g/mol. The molecule has 3 aliphatic carbocycles. The van der Waals surface area contributed by atoms with Crippen LogP contribution in [0.25, 0.3) is 0 Å². The van der Waals surface area contributed by atoms with Crippen LogP contribution in [0.4, 0.5) is 35.1 Å². The van der Waals surface area contributed by atoms with Crippen LogP contribution in [0.2, 0.25) is 0 Å². The van der Waals surface area contributed by atoms with Crippen molar-refractivity contribution in [3.05, 3.63) is 65.0 Å². The molecule has 236 valence electrons. The van der Waals surface area contributed by atoms with Gasteiger partial charge in [-0.3, -0.25) is 4.79 Å². The van der Waals surface area contributed by atoms with Gasteiger partial charge in [0.2, 0.25) is 5.91 Å². The molecule has 0 bridgehead atoms. The van der Waals surface area contributed by atoms with Crippen molar-refractivity contribution in [3.63, 3.8) is 0 Å². The fourth-order valence-electron chi connectivity index (χ4n) is 7.24. The fraction of sp³-hybridized carbons (Fsp3) is 0.552. The highest BCUT2D eigenvalue weighted by molar-refractivity contribution is 7.92. The van der Waals surface area contributed by atoms with Crippen LogP contribution in [-0.2, 0) is 31.5 Å². The van der Waals surface area contributed by atoms with Gasteiger partial charge in [-0.15, -0.1) is 0 Å². The van der Waals surface area contributed by atoms with E-state index in [1.807, 2.05) is 0 Å². The third-order valence-corrected chi connectivity index (χ3v) is 11.9. The lowest BCUT2D eigenvalue weighted by Crippen LogP contribution is -2.52.